The largest absolute Gasteiger partial charge is 0.491 e. The lowest BCUT2D eigenvalue weighted by Crippen LogP contribution is -2.43. The summed E-state index contributed by atoms with van der Waals surface area (Å²) in [6.45, 7) is -0.645. The Morgan fingerprint density at radius 3 is 2.54 bits per heavy atom. The van der Waals surface area contributed by atoms with Crippen LogP contribution >= 0.6 is 11.6 Å². The number of halogens is 4. The monoisotopic (exact) mass is 571 g/mol. The fourth-order valence-corrected chi connectivity index (χ4v) is 4.06. The van der Waals surface area contributed by atoms with Gasteiger partial charge in [0.1, 0.15) is 23.1 Å². The van der Waals surface area contributed by atoms with Gasteiger partial charge in [-0.25, -0.2) is 9.78 Å². The Balaban J connectivity index is 2.40. The van der Waals surface area contributed by atoms with E-state index in [1.165, 1.54) is 25.3 Å². The van der Waals surface area contributed by atoms with Crippen LogP contribution in [0, 0.1) is 0 Å². The minimum Gasteiger partial charge on any atom is -0.491 e. The molecular weight excluding hydrogens is 547 g/mol. The van der Waals surface area contributed by atoms with Crippen molar-refractivity contribution in [2.75, 3.05) is 33.5 Å². The van der Waals surface area contributed by atoms with Crippen LogP contribution in [0.3, 0.4) is 0 Å². The smallest absolute Gasteiger partial charge is 0.422 e. The first kappa shape index (κ1) is 30.4. The molecule has 3 N–H and O–H groups in total. The molecule has 0 bridgehead atoms. The van der Waals surface area contributed by atoms with E-state index < -0.39 is 45.5 Å². The molecule has 0 radical (unpaired) electrons. The van der Waals surface area contributed by atoms with E-state index in [4.69, 9.17) is 30.9 Å². The van der Waals surface area contributed by atoms with Crippen molar-refractivity contribution < 1.29 is 50.8 Å². The molecule has 2 rings (SSSR count). The highest BCUT2D eigenvalue weighted by atomic mass is 35.5. The number of benzene rings is 1. The fourth-order valence-electron chi connectivity index (χ4n) is 2.78. The number of aliphatic hydroxyl groups excluding tert-OH is 1. The Morgan fingerprint density at radius 1 is 1.22 bits per heavy atom. The number of pyridine rings is 1. The first-order valence-corrected chi connectivity index (χ1v) is 12.5. The minimum atomic E-state index is -4.70. The van der Waals surface area contributed by atoms with Crippen LogP contribution in [-0.2, 0) is 27.7 Å². The van der Waals surface area contributed by atoms with E-state index >= 15 is 0 Å². The maximum Gasteiger partial charge on any atom is 0.422 e. The molecule has 0 saturated heterocycles. The minimum absolute atomic E-state index is 0.0139. The van der Waals surface area contributed by atoms with Crippen molar-refractivity contribution in [2.24, 2.45) is 0 Å². The van der Waals surface area contributed by atoms with Gasteiger partial charge in [0.15, 0.2) is 0 Å². The topological polar surface area (TPSA) is 148 Å². The van der Waals surface area contributed by atoms with Gasteiger partial charge in [-0.1, -0.05) is 11.6 Å². The van der Waals surface area contributed by atoms with E-state index in [0.29, 0.717) is 18.7 Å². The third kappa shape index (κ3) is 9.19. The second-order valence-corrected chi connectivity index (χ2v) is 9.43. The lowest BCUT2D eigenvalue weighted by molar-refractivity contribution is -0.137. The quantitative estimate of drug-likeness (QED) is 0.289. The Kier molecular flexibility index (Phi) is 11.2. The zero-order valence-electron chi connectivity index (χ0n) is 19.5. The third-order valence-corrected chi connectivity index (χ3v) is 6.33. The van der Waals surface area contributed by atoms with E-state index in [-0.39, 0.29) is 54.2 Å². The highest BCUT2D eigenvalue weighted by Gasteiger charge is 2.32. The standard InChI is InChI=1S/C21H25ClF3N3O8S/c1-34-8-9-35-16-5-4-14(13-28(20(30)31)37(32,33)27-6-2-3-7-29)18(11-16)36-19-17(22)10-15(12-26-19)21(23,24)25/h4-5,10-12,27,29H,2-3,6-9,13H2,1H3,(H,30,31). The van der Waals surface area contributed by atoms with Crippen molar-refractivity contribution in [1.29, 1.82) is 0 Å². The number of methoxy groups -OCH3 is 1. The number of aliphatic hydroxyl groups is 1. The van der Waals surface area contributed by atoms with Crippen molar-refractivity contribution in [2.45, 2.75) is 25.6 Å². The number of hydrogen-bond donors (Lipinski definition) is 3. The number of nitrogens with one attached hydrogen (secondary N) is 1. The van der Waals surface area contributed by atoms with E-state index in [1.54, 1.807) is 0 Å². The number of hydrogen-bond acceptors (Lipinski definition) is 8. The highest BCUT2D eigenvalue weighted by molar-refractivity contribution is 7.87. The van der Waals surface area contributed by atoms with Gasteiger partial charge >= 0.3 is 22.5 Å². The molecule has 0 spiro atoms. The van der Waals surface area contributed by atoms with Crippen LogP contribution in [-0.4, -0.2) is 67.5 Å². The number of ether oxygens (including phenoxy) is 3. The van der Waals surface area contributed by atoms with Gasteiger partial charge < -0.3 is 24.4 Å². The maximum absolute atomic E-state index is 13.0. The van der Waals surface area contributed by atoms with E-state index in [0.717, 1.165) is 0 Å². The number of amides is 1. The summed E-state index contributed by atoms with van der Waals surface area (Å²) >= 11 is 5.93. The molecule has 1 heterocycles. The Morgan fingerprint density at radius 2 is 1.95 bits per heavy atom. The summed E-state index contributed by atoms with van der Waals surface area (Å²) in [4.78, 5) is 15.4. The van der Waals surface area contributed by atoms with Gasteiger partial charge in [0.25, 0.3) is 0 Å². The summed E-state index contributed by atoms with van der Waals surface area (Å²) in [5, 5.41) is 17.9. The molecule has 0 atom stereocenters. The molecular formula is C21H25ClF3N3O8S. The normalized spacial score (nSPS) is 11.8. The molecule has 206 valence electrons. The second kappa shape index (κ2) is 13.6. The van der Waals surface area contributed by atoms with Gasteiger partial charge in [0.2, 0.25) is 5.88 Å². The van der Waals surface area contributed by atoms with Gasteiger partial charge in [-0.15, -0.1) is 0 Å². The fraction of sp³-hybridized carbons (Fsp3) is 0.429. The molecule has 0 aliphatic rings. The van der Waals surface area contributed by atoms with Crippen LogP contribution in [0.2, 0.25) is 5.02 Å². The van der Waals surface area contributed by atoms with Crippen molar-refractivity contribution in [1.82, 2.24) is 14.0 Å². The SMILES string of the molecule is COCCOc1ccc(CN(C(=O)O)S(=O)(=O)NCCCCO)c(Oc2ncc(C(F)(F)F)cc2Cl)c1. The summed E-state index contributed by atoms with van der Waals surface area (Å²) in [7, 11) is -3.06. The first-order chi connectivity index (χ1) is 17.4. The molecule has 1 amide bonds. The van der Waals surface area contributed by atoms with Crippen LogP contribution in [0.25, 0.3) is 0 Å². The Hall–Kier alpha value is -2.85. The van der Waals surface area contributed by atoms with Crippen LogP contribution in [0.1, 0.15) is 24.0 Å². The van der Waals surface area contributed by atoms with E-state index in [9.17, 15) is 31.5 Å². The highest BCUT2D eigenvalue weighted by Crippen LogP contribution is 2.36. The molecule has 0 aliphatic heterocycles. The molecule has 0 unspecified atom stereocenters. The molecule has 0 saturated carbocycles. The molecule has 0 aliphatic carbocycles. The van der Waals surface area contributed by atoms with Crippen molar-refractivity contribution in [3.8, 4) is 17.4 Å². The van der Waals surface area contributed by atoms with Crippen LogP contribution in [0.15, 0.2) is 30.5 Å². The average molecular weight is 572 g/mol. The van der Waals surface area contributed by atoms with E-state index in [2.05, 4.69) is 9.71 Å². The van der Waals surface area contributed by atoms with Gasteiger partial charge in [-0.2, -0.15) is 30.6 Å². The van der Waals surface area contributed by atoms with Gasteiger partial charge in [-0.05, 0) is 31.0 Å². The zero-order valence-corrected chi connectivity index (χ0v) is 21.1. The van der Waals surface area contributed by atoms with Gasteiger partial charge in [0.05, 0.1) is 18.7 Å². The molecule has 11 nitrogen and oxygen atoms in total. The number of nitrogens with zero attached hydrogens (tertiary/aromatic N) is 2. The lowest BCUT2D eigenvalue weighted by atomic mass is 10.2. The molecule has 37 heavy (non-hydrogen) atoms. The van der Waals surface area contributed by atoms with Crippen molar-refractivity contribution in [3.05, 3.63) is 46.6 Å². The van der Waals surface area contributed by atoms with Crippen molar-refractivity contribution >= 4 is 27.9 Å². The van der Waals surface area contributed by atoms with Crippen LogP contribution < -0.4 is 14.2 Å². The maximum atomic E-state index is 13.0. The summed E-state index contributed by atoms with van der Waals surface area (Å²) in [6.07, 6.45) is -5.42. The summed E-state index contributed by atoms with van der Waals surface area (Å²) in [6, 6.07) is 4.63. The van der Waals surface area contributed by atoms with E-state index in [1.807, 2.05) is 0 Å². The number of unbranched alkanes of at least 4 members (excludes halogenated alkanes) is 1. The Labute approximate surface area is 215 Å². The second-order valence-electron chi connectivity index (χ2n) is 7.34. The predicted octanol–water partition coefficient (Wildman–Crippen LogP) is 3.66. The number of carboxylic acid groups (broad SMARTS) is 1. The number of aromatic nitrogens is 1. The number of rotatable bonds is 14. The molecule has 0 fully saturated rings. The lowest BCUT2D eigenvalue weighted by Gasteiger charge is -2.21. The van der Waals surface area contributed by atoms with Crippen LogP contribution in [0.4, 0.5) is 18.0 Å². The molecule has 16 heteroatoms. The third-order valence-electron chi connectivity index (χ3n) is 4.62. The first-order valence-electron chi connectivity index (χ1n) is 10.7. The summed E-state index contributed by atoms with van der Waals surface area (Å²) in [5.41, 5.74) is -1.10. The zero-order chi connectivity index (χ0) is 27.6. The number of alkyl halides is 3. The molecule has 2 aromatic rings. The average Bonchev–Trinajstić information content (AvgIpc) is 2.81. The predicted molar refractivity (Wildman–Crippen MR) is 125 cm³/mol. The van der Waals surface area contributed by atoms with Gasteiger partial charge in [0, 0.05) is 38.1 Å². The summed E-state index contributed by atoms with van der Waals surface area (Å²) < 4.78 is 82.2. The van der Waals surface area contributed by atoms with Crippen molar-refractivity contribution in [3.63, 3.8) is 0 Å². The Bertz CT molecular complexity index is 1170. The summed E-state index contributed by atoms with van der Waals surface area (Å²) in [5.74, 6) is -0.381. The van der Waals surface area contributed by atoms with Gasteiger partial charge in [-0.3, -0.25) is 0 Å². The molecule has 1 aromatic carbocycles. The molecule has 1 aromatic heterocycles. The number of carbonyl (C=O) groups is 1. The van der Waals surface area contributed by atoms with Crippen LogP contribution in [0.5, 0.6) is 17.4 Å².